The molecule has 0 saturated carbocycles. The highest BCUT2D eigenvalue weighted by molar-refractivity contribution is 5.93. The number of nitrogens with one attached hydrogen (secondary N) is 4. The zero-order valence-corrected chi connectivity index (χ0v) is 41.6. The van der Waals surface area contributed by atoms with Gasteiger partial charge in [0, 0.05) is 13.7 Å². The second kappa shape index (κ2) is 40.8. The van der Waals surface area contributed by atoms with Crippen molar-refractivity contribution in [3.63, 3.8) is 0 Å². The molecule has 0 bridgehead atoms. The van der Waals surface area contributed by atoms with E-state index >= 15 is 0 Å². The number of benzene rings is 1. The van der Waals surface area contributed by atoms with E-state index in [0.29, 0.717) is 125 Å². The van der Waals surface area contributed by atoms with Crippen molar-refractivity contribution in [1.29, 1.82) is 0 Å². The Morgan fingerprint density at radius 2 is 1.01 bits per heavy atom. The fourth-order valence-electron chi connectivity index (χ4n) is 5.54. The number of methoxy groups -OCH3 is 1. The van der Waals surface area contributed by atoms with Gasteiger partial charge in [-0.2, -0.15) is 0 Å². The molecule has 0 fully saturated rings. The van der Waals surface area contributed by atoms with E-state index < -0.39 is 47.6 Å². The highest BCUT2D eigenvalue weighted by atomic mass is 16.6. The topological polar surface area (TPSA) is 244 Å². The van der Waals surface area contributed by atoms with Crippen molar-refractivity contribution >= 4 is 29.8 Å². The molecule has 21 nitrogen and oxygen atoms in total. The van der Waals surface area contributed by atoms with Gasteiger partial charge in [0.2, 0.25) is 17.7 Å². The summed E-state index contributed by atoms with van der Waals surface area (Å²) in [5.41, 5.74) is 0.0190. The Bertz CT molecular complexity index is 1450. The number of alkyl carbamates (subject to hydrolysis) is 1. The molecule has 0 aliphatic heterocycles. The predicted molar refractivity (Wildman–Crippen MR) is 250 cm³/mol. The lowest BCUT2D eigenvalue weighted by Crippen LogP contribution is -2.57. The average molecular weight is 975 g/mol. The number of ether oxygens (including phenoxy) is 12. The number of carbonyl (C=O) groups excluding carboxylic acids is 5. The quantitative estimate of drug-likeness (QED) is 0.0542. The van der Waals surface area contributed by atoms with Crippen LogP contribution < -0.4 is 21.3 Å². The maximum atomic E-state index is 13.6. The first-order valence-electron chi connectivity index (χ1n) is 23.5. The molecule has 3 atom stereocenters. The summed E-state index contributed by atoms with van der Waals surface area (Å²) in [4.78, 5) is 64.4. The first-order valence-corrected chi connectivity index (χ1v) is 23.5. The lowest BCUT2D eigenvalue weighted by Gasteiger charge is -2.27. The molecule has 0 aliphatic rings. The minimum absolute atomic E-state index is 0.00754. The van der Waals surface area contributed by atoms with Gasteiger partial charge in [-0.1, -0.05) is 44.2 Å². The molecule has 21 heteroatoms. The molecule has 0 radical (unpaired) electrons. The average Bonchev–Trinajstić information content (AvgIpc) is 3.29. The Balaban J connectivity index is 2.19. The van der Waals surface area contributed by atoms with Gasteiger partial charge in [-0.3, -0.25) is 14.4 Å². The molecule has 4 amide bonds. The lowest BCUT2D eigenvalue weighted by atomic mass is 10.0. The molecule has 68 heavy (non-hydrogen) atoms. The second-order valence-corrected chi connectivity index (χ2v) is 16.5. The third-order valence-electron chi connectivity index (χ3n) is 9.07. The van der Waals surface area contributed by atoms with Crippen LogP contribution >= 0.6 is 0 Å². The first kappa shape index (κ1) is 62.0. The summed E-state index contributed by atoms with van der Waals surface area (Å²) in [6.07, 6.45) is 0.292. The van der Waals surface area contributed by atoms with Gasteiger partial charge in [-0.25, -0.2) is 9.59 Å². The summed E-state index contributed by atoms with van der Waals surface area (Å²) in [6.45, 7) is 18.4. The van der Waals surface area contributed by atoms with Crippen molar-refractivity contribution in [2.45, 2.75) is 91.1 Å². The summed E-state index contributed by atoms with van der Waals surface area (Å²) in [7, 11) is 1.63. The molecule has 0 aliphatic carbocycles. The second-order valence-electron chi connectivity index (χ2n) is 16.5. The van der Waals surface area contributed by atoms with E-state index in [1.807, 2.05) is 18.2 Å². The lowest BCUT2D eigenvalue weighted by molar-refractivity contribution is -0.158. The normalized spacial score (nSPS) is 12.8. The molecule has 0 aromatic heterocycles. The van der Waals surface area contributed by atoms with E-state index in [0.717, 1.165) is 5.56 Å². The van der Waals surface area contributed by atoms with E-state index in [4.69, 9.17) is 56.8 Å². The third kappa shape index (κ3) is 36.0. The molecule has 4 N–H and O–H groups in total. The van der Waals surface area contributed by atoms with Crippen molar-refractivity contribution < 1.29 is 80.8 Å². The maximum absolute atomic E-state index is 13.6. The van der Waals surface area contributed by atoms with Gasteiger partial charge in [-0.05, 0) is 58.4 Å². The SMILES string of the molecule is COCCOCCOCCOCCOCCOCCOCCOCCOCCOCC(=O)NCCCC[C@H](NC(=O)OCc1ccccc1)C(=O)N[C@H](C(=O)N[C@@H](C)C(=O)OC(C)(C)C)C(C)C. The third-order valence-corrected chi connectivity index (χ3v) is 9.07. The Morgan fingerprint density at radius 3 is 1.46 bits per heavy atom. The fourth-order valence-corrected chi connectivity index (χ4v) is 5.54. The van der Waals surface area contributed by atoms with Crippen LogP contribution in [-0.4, -0.2) is 193 Å². The van der Waals surface area contributed by atoms with Crippen LogP contribution in [-0.2, 0) is 82.6 Å². The Morgan fingerprint density at radius 1 is 0.559 bits per heavy atom. The maximum Gasteiger partial charge on any atom is 0.408 e. The Labute approximate surface area is 403 Å². The molecule has 1 rings (SSSR count). The van der Waals surface area contributed by atoms with Crippen LogP contribution in [0, 0.1) is 5.92 Å². The van der Waals surface area contributed by atoms with Gasteiger partial charge in [0.15, 0.2) is 0 Å². The largest absolute Gasteiger partial charge is 0.458 e. The van der Waals surface area contributed by atoms with Crippen LogP contribution in [0.1, 0.15) is 66.4 Å². The summed E-state index contributed by atoms with van der Waals surface area (Å²) in [5.74, 6) is -2.47. The highest BCUT2D eigenvalue weighted by Gasteiger charge is 2.31. The van der Waals surface area contributed by atoms with Crippen LogP contribution in [0.15, 0.2) is 30.3 Å². The molecular weight excluding hydrogens is 893 g/mol. The fraction of sp³-hybridized carbons (Fsp3) is 0.766. The monoisotopic (exact) mass is 975 g/mol. The minimum atomic E-state index is -1.06. The first-order chi connectivity index (χ1) is 32.7. The molecule has 0 heterocycles. The van der Waals surface area contributed by atoms with E-state index in [1.54, 1.807) is 53.9 Å². The molecule has 1 aromatic rings. The van der Waals surface area contributed by atoms with Gasteiger partial charge in [0.25, 0.3) is 0 Å². The van der Waals surface area contributed by atoms with Crippen molar-refractivity contribution in [3.05, 3.63) is 35.9 Å². The molecule has 1 aromatic carbocycles. The van der Waals surface area contributed by atoms with Crippen LogP contribution in [0.4, 0.5) is 4.79 Å². The summed E-state index contributed by atoms with van der Waals surface area (Å²) < 4.78 is 64.6. The Kier molecular flexibility index (Phi) is 37.2. The van der Waals surface area contributed by atoms with E-state index in [2.05, 4.69) is 21.3 Å². The van der Waals surface area contributed by atoms with Gasteiger partial charge in [0.05, 0.1) is 119 Å². The molecule has 0 unspecified atom stereocenters. The van der Waals surface area contributed by atoms with Crippen molar-refractivity contribution in [3.8, 4) is 0 Å². The van der Waals surface area contributed by atoms with E-state index in [9.17, 15) is 24.0 Å². The standard InChI is InChI=1S/C47H82N4O17/c1-37(2)42(44(54)49-38(3)45(55)68-47(4,5)6)51-43(53)40(50-46(56)67-35-39-13-9-8-10-14-39)15-11-12-16-48-41(52)36-66-34-33-65-32-31-64-30-29-63-28-27-62-26-25-61-24-23-60-22-21-59-20-19-58-18-17-57-7/h8-10,13-14,37-38,40,42H,11-12,15-36H2,1-7H3,(H,48,52)(H,49,54)(H,50,56)(H,51,53)/t38-,40-,42-/m0/s1. The number of carbonyl (C=O) groups is 5. The Hall–Kier alpha value is -4.03. The van der Waals surface area contributed by atoms with Crippen molar-refractivity contribution in [2.75, 3.05) is 139 Å². The highest BCUT2D eigenvalue weighted by Crippen LogP contribution is 2.11. The van der Waals surface area contributed by atoms with Crippen LogP contribution in [0.5, 0.6) is 0 Å². The molecule has 0 saturated heterocycles. The zero-order chi connectivity index (χ0) is 50.1. The van der Waals surface area contributed by atoms with E-state index in [1.165, 1.54) is 6.92 Å². The van der Waals surface area contributed by atoms with Crippen LogP contribution in [0.2, 0.25) is 0 Å². The van der Waals surface area contributed by atoms with Gasteiger partial charge in [0.1, 0.15) is 36.9 Å². The van der Waals surface area contributed by atoms with Gasteiger partial charge >= 0.3 is 12.1 Å². The molecular formula is C47H82N4O17. The van der Waals surface area contributed by atoms with Crippen LogP contribution in [0.25, 0.3) is 0 Å². The van der Waals surface area contributed by atoms with Crippen molar-refractivity contribution in [2.24, 2.45) is 5.92 Å². The number of esters is 1. The molecule has 0 spiro atoms. The zero-order valence-electron chi connectivity index (χ0n) is 41.6. The molecule has 392 valence electrons. The number of hydrogen-bond donors (Lipinski definition) is 4. The number of hydrogen-bond acceptors (Lipinski definition) is 17. The van der Waals surface area contributed by atoms with E-state index in [-0.39, 0.29) is 44.7 Å². The number of amides is 4. The predicted octanol–water partition coefficient (Wildman–Crippen LogP) is 2.35. The smallest absolute Gasteiger partial charge is 0.408 e. The summed E-state index contributed by atoms with van der Waals surface area (Å²) >= 11 is 0. The number of unbranched alkanes of at least 4 members (excludes halogenated alkanes) is 1. The summed E-state index contributed by atoms with van der Waals surface area (Å²) in [6, 6.07) is 6.02. The van der Waals surface area contributed by atoms with Gasteiger partial charge < -0.3 is 78.1 Å². The number of rotatable bonds is 43. The van der Waals surface area contributed by atoms with Gasteiger partial charge in [-0.15, -0.1) is 0 Å². The minimum Gasteiger partial charge on any atom is -0.458 e. The summed E-state index contributed by atoms with van der Waals surface area (Å²) in [5, 5.41) is 10.7. The van der Waals surface area contributed by atoms with Crippen LogP contribution in [0.3, 0.4) is 0 Å². The van der Waals surface area contributed by atoms with Crippen molar-refractivity contribution in [1.82, 2.24) is 21.3 Å².